The Labute approximate surface area is 191 Å². The summed E-state index contributed by atoms with van der Waals surface area (Å²) < 4.78 is 3.20. The van der Waals surface area contributed by atoms with Crippen LogP contribution in [0.1, 0.15) is 12.5 Å². The first-order valence-electron chi connectivity index (χ1n) is 9.60. The van der Waals surface area contributed by atoms with E-state index in [1.807, 2.05) is 44.4 Å². The van der Waals surface area contributed by atoms with E-state index in [4.69, 9.17) is 22.7 Å². The molecule has 0 saturated carbocycles. The number of halogens is 1. The van der Waals surface area contributed by atoms with Crippen molar-refractivity contribution in [1.82, 2.24) is 19.9 Å². The van der Waals surface area contributed by atoms with Gasteiger partial charge in [-0.15, -0.1) is 0 Å². The molecule has 0 spiro atoms. The lowest BCUT2D eigenvalue weighted by Crippen LogP contribution is -2.22. The number of hydrogen-bond donors (Lipinski definition) is 4. The van der Waals surface area contributed by atoms with Crippen molar-refractivity contribution in [2.45, 2.75) is 11.9 Å². The van der Waals surface area contributed by atoms with E-state index in [0.717, 1.165) is 22.8 Å². The van der Waals surface area contributed by atoms with Crippen molar-refractivity contribution >= 4 is 46.6 Å². The van der Waals surface area contributed by atoms with E-state index in [9.17, 15) is 0 Å². The Balaban J connectivity index is 1.84. The van der Waals surface area contributed by atoms with Crippen molar-refractivity contribution in [1.29, 1.82) is 5.41 Å². The van der Waals surface area contributed by atoms with Crippen LogP contribution in [0.2, 0.25) is 5.02 Å². The summed E-state index contributed by atoms with van der Waals surface area (Å²) >= 11 is 7.86. The Morgan fingerprint density at radius 3 is 2.68 bits per heavy atom. The number of nitrogens with two attached hydrogens (primary N) is 1. The van der Waals surface area contributed by atoms with Crippen LogP contribution >= 0.6 is 23.5 Å². The van der Waals surface area contributed by atoms with E-state index in [2.05, 4.69) is 29.9 Å². The Kier molecular flexibility index (Phi) is 7.67. The van der Waals surface area contributed by atoms with Crippen molar-refractivity contribution in [3.8, 4) is 11.4 Å². The van der Waals surface area contributed by atoms with Crippen molar-refractivity contribution in [2.24, 2.45) is 0 Å². The molecular formula is C21H25ClN8S. The lowest BCUT2D eigenvalue weighted by Gasteiger charge is -2.16. The SMILES string of the molecule is CC(=N)c1c(N)nc(-c2ccc(NSc3ccccn3)c(Cl)c2)nc1NCCN(C)C. The standard InChI is InChI=1S/C21H25ClN8S/c1-13(23)18-19(24)27-20(28-21(18)26-10-11-30(2)3)14-7-8-16(15(22)12-14)29-31-17-6-4-5-9-25-17/h4-9,12,23,29H,10-11H2,1-3H3,(H3,24,26,27,28). The first kappa shape index (κ1) is 22.8. The zero-order valence-corrected chi connectivity index (χ0v) is 19.2. The van der Waals surface area contributed by atoms with E-state index < -0.39 is 0 Å². The molecule has 8 nitrogen and oxygen atoms in total. The van der Waals surface area contributed by atoms with Crippen LogP contribution in [0.15, 0.2) is 47.6 Å². The number of benzene rings is 1. The fourth-order valence-electron chi connectivity index (χ4n) is 2.75. The third kappa shape index (κ3) is 6.06. The van der Waals surface area contributed by atoms with Gasteiger partial charge in [0.15, 0.2) is 5.82 Å². The first-order chi connectivity index (χ1) is 14.8. The van der Waals surface area contributed by atoms with Crippen LogP contribution in [-0.4, -0.2) is 52.7 Å². The van der Waals surface area contributed by atoms with Crippen molar-refractivity contribution in [2.75, 3.05) is 43.0 Å². The molecule has 0 aliphatic heterocycles. The average Bonchev–Trinajstić information content (AvgIpc) is 2.72. The Hall–Kier alpha value is -2.88. The maximum absolute atomic E-state index is 8.04. The number of likely N-dealkylation sites (N-methyl/N-ethyl adjacent to an activating group) is 1. The number of hydrogen-bond acceptors (Lipinski definition) is 9. The topological polar surface area (TPSA) is 116 Å². The fourth-order valence-corrected chi connectivity index (χ4v) is 3.69. The van der Waals surface area contributed by atoms with Crippen molar-refractivity contribution in [3.63, 3.8) is 0 Å². The van der Waals surface area contributed by atoms with Gasteiger partial charge in [0, 0.05) is 42.5 Å². The molecule has 0 saturated heterocycles. The smallest absolute Gasteiger partial charge is 0.163 e. The number of nitrogens with zero attached hydrogens (tertiary/aromatic N) is 4. The van der Waals surface area contributed by atoms with Crippen LogP contribution in [0.4, 0.5) is 17.3 Å². The predicted molar refractivity (Wildman–Crippen MR) is 130 cm³/mol. The summed E-state index contributed by atoms with van der Waals surface area (Å²) in [5.41, 5.74) is 8.48. The fraction of sp³-hybridized carbons (Fsp3) is 0.238. The molecule has 0 amide bonds. The van der Waals surface area contributed by atoms with Gasteiger partial charge >= 0.3 is 0 Å². The first-order valence-corrected chi connectivity index (χ1v) is 10.8. The van der Waals surface area contributed by atoms with Crippen LogP contribution < -0.4 is 15.8 Å². The quantitative estimate of drug-likeness (QED) is 0.279. The molecule has 162 valence electrons. The Morgan fingerprint density at radius 1 is 1.23 bits per heavy atom. The third-order valence-corrected chi connectivity index (χ3v) is 5.38. The van der Waals surface area contributed by atoms with E-state index in [1.165, 1.54) is 11.9 Å². The van der Waals surface area contributed by atoms with Crippen LogP contribution in [0.25, 0.3) is 11.4 Å². The zero-order valence-electron chi connectivity index (χ0n) is 17.6. The van der Waals surface area contributed by atoms with Crippen LogP contribution in [0.3, 0.4) is 0 Å². The maximum Gasteiger partial charge on any atom is 0.163 e. The number of pyridine rings is 1. The zero-order chi connectivity index (χ0) is 22.4. The normalized spacial score (nSPS) is 10.9. The highest BCUT2D eigenvalue weighted by atomic mass is 35.5. The summed E-state index contributed by atoms with van der Waals surface area (Å²) in [6, 6.07) is 11.2. The van der Waals surface area contributed by atoms with Gasteiger partial charge in [-0.3, -0.25) is 0 Å². The van der Waals surface area contributed by atoms with Gasteiger partial charge in [-0.25, -0.2) is 15.0 Å². The van der Waals surface area contributed by atoms with Gasteiger partial charge in [0.05, 0.1) is 16.3 Å². The molecule has 31 heavy (non-hydrogen) atoms. The van der Waals surface area contributed by atoms with Crippen LogP contribution in [-0.2, 0) is 0 Å². The van der Waals surface area contributed by atoms with Gasteiger partial charge < -0.3 is 26.1 Å². The van der Waals surface area contributed by atoms with Gasteiger partial charge in [0.2, 0.25) is 0 Å². The summed E-state index contributed by atoms with van der Waals surface area (Å²) in [4.78, 5) is 15.4. The van der Waals surface area contributed by atoms with E-state index >= 15 is 0 Å². The number of anilines is 3. The lowest BCUT2D eigenvalue weighted by atomic mass is 10.1. The summed E-state index contributed by atoms with van der Waals surface area (Å²) in [5.74, 6) is 1.25. The Bertz CT molecular complexity index is 1060. The van der Waals surface area contributed by atoms with Crippen molar-refractivity contribution < 1.29 is 0 Å². The second-order valence-electron chi connectivity index (χ2n) is 7.08. The molecule has 0 radical (unpaired) electrons. The number of rotatable bonds is 9. The van der Waals surface area contributed by atoms with Crippen LogP contribution in [0.5, 0.6) is 0 Å². The van der Waals surface area contributed by atoms with Gasteiger partial charge in [-0.1, -0.05) is 17.7 Å². The van der Waals surface area contributed by atoms with Gasteiger partial charge in [0.25, 0.3) is 0 Å². The highest BCUT2D eigenvalue weighted by Gasteiger charge is 2.16. The van der Waals surface area contributed by atoms with Crippen LogP contribution in [0, 0.1) is 5.41 Å². The molecule has 0 bridgehead atoms. The predicted octanol–water partition coefficient (Wildman–Crippen LogP) is 4.25. The largest absolute Gasteiger partial charge is 0.383 e. The number of nitrogens with one attached hydrogen (secondary N) is 3. The van der Waals surface area contributed by atoms with Crippen molar-refractivity contribution in [3.05, 3.63) is 53.2 Å². The minimum absolute atomic E-state index is 0.258. The molecule has 0 fully saturated rings. The summed E-state index contributed by atoms with van der Waals surface area (Å²) in [6.07, 6.45) is 1.74. The average molecular weight is 457 g/mol. The molecule has 1 aromatic carbocycles. The second kappa shape index (κ2) is 10.4. The second-order valence-corrected chi connectivity index (χ2v) is 8.31. The number of aromatic nitrogens is 3. The molecule has 0 atom stereocenters. The molecule has 2 heterocycles. The van der Waals surface area contributed by atoms with E-state index in [-0.39, 0.29) is 5.82 Å². The minimum Gasteiger partial charge on any atom is -0.383 e. The van der Waals surface area contributed by atoms with E-state index in [0.29, 0.717) is 34.5 Å². The minimum atomic E-state index is 0.258. The van der Waals surface area contributed by atoms with Gasteiger partial charge in [-0.05, 0) is 51.4 Å². The molecule has 5 N–H and O–H groups in total. The third-order valence-electron chi connectivity index (χ3n) is 4.29. The highest BCUT2D eigenvalue weighted by molar-refractivity contribution is 8.00. The Morgan fingerprint density at radius 2 is 2.03 bits per heavy atom. The summed E-state index contributed by atoms with van der Waals surface area (Å²) in [7, 11) is 3.99. The molecule has 0 unspecified atom stereocenters. The van der Waals surface area contributed by atoms with Gasteiger partial charge in [0.1, 0.15) is 16.7 Å². The highest BCUT2D eigenvalue weighted by Crippen LogP contribution is 2.32. The maximum atomic E-state index is 8.04. The molecule has 2 aromatic heterocycles. The molecule has 3 aromatic rings. The molecule has 10 heteroatoms. The summed E-state index contributed by atoms with van der Waals surface area (Å²) in [6.45, 7) is 3.15. The number of nitrogen functional groups attached to an aromatic ring is 1. The molecular weight excluding hydrogens is 432 g/mol. The molecule has 0 aliphatic carbocycles. The summed E-state index contributed by atoms with van der Waals surface area (Å²) in [5, 5.41) is 12.7. The molecule has 3 rings (SSSR count). The lowest BCUT2D eigenvalue weighted by molar-refractivity contribution is 0.425. The van der Waals surface area contributed by atoms with E-state index in [1.54, 1.807) is 19.2 Å². The molecule has 0 aliphatic rings. The monoisotopic (exact) mass is 456 g/mol. The van der Waals surface area contributed by atoms with Gasteiger partial charge in [-0.2, -0.15) is 0 Å².